The Balaban J connectivity index is 1.56. The van der Waals surface area contributed by atoms with Crippen LogP contribution in [0, 0.1) is 0 Å². The Morgan fingerprint density at radius 2 is 1.90 bits per heavy atom. The molecule has 4 rings (SSSR count). The Morgan fingerprint density at radius 1 is 1.19 bits per heavy atom. The van der Waals surface area contributed by atoms with Gasteiger partial charge in [-0.3, -0.25) is 4.57 Å². The third kappa shape index (κ3) is 3.78. The molecule has 1 saturated heterocycles. The van der Waals surface area contributed by atoms with Gasteiger partial charge in [0.15, 0.2) is 23.5 Å². The van der Waals surface area contributed by atoms with Gasteiger partial charge in [0.2, 0.25) is 0 Å². The van der Waals surface area contributed by atoms with Gasteiger partial charge in [-0.1, -0.05) is 18.2 Å². The number of nitrogens with two attached hydrogens (primary N) is 1. The maximum Gasteiger partial charge on any atom is 0.410 e. The molecule has 6 atom stereocenters. The number of hydrogen-bond donors (Lipinski definition) is 5. The number of aliphatic hydroxyl groups is 3. The molecule has 1 aliphatic rings. The molecule has 3 aromatic rings. The van der Waals surface area contributed by atoms with Gasteiger partial charge in [0.05, 0.1) is 11.9 Å². The minimum absolute atomic E-state index is 0.0167. The van der Waals surface area contributed by atoms with Crippen LogP contribution in [0.3, 0.4) is 0 Å². The largest absolute Gasteiger partial charge is 0.410 e. The van der Waals surface area contributed by atoms with Crippen molar-refractivity contribution in [1.29, 1.82) is 0 Å². The number of fused-ring (bicyclic) bond motifs is 1. The monoisotopic (exact) mass is 451 g/mol. The van der Waals surface area contributed by atoms with E-state index in [9.17, 15) is 29.6 Å². The van der Waals surface area contributed by atoms with Crippen LogP contribution in [-0.4, -0.2) is 69.9 Å². The van der Waals surface area contributed by atoms with E-state index in [0.29, 0.717) is 0 Å². The lowest BCUT2D eigenvalue weighted by atomic mass is 10.1. The summed E-state index contributed by atoms with van der Waals surface area (Å²) < 4.78 is 23.8. The van der Waals surface area contributed by atoms with Gasteiger partial charge in [0.1, 0.15) is 30.2 Å². The van der Waals surface area contributed by atoms with Crippen molar-refractivity contribution < 1.29 is 38.8 Å². The third-order valence-electron chi connectivity index (χ3n) is 4.79. The summed E-state index contributed by atoms with van der Waals surface area (Å²) in [6, 6.07) is 7.38. The molecule has 2 unspecified atom stereocenters. The molecule has 1 aromatic carbocycles. The van der Waals surface area contributed by atoms with Crippen LogP contribution in [0.2, 0.25) is 0 Å². The molecular formula is C17H18N5O8P. The van der Waals surface area contributed by atoms with E-state index in [1.165, 1.54) is 35.2 Å². The van der Waals surface area contributed by atoms with E-state index >= 15 is 0 Å². The fourth-order valence-electron chi connectivity index (χ4n) is 3.20. The fourth-order valence-corrected chi connectivity index (χ4v) is 4.27. The van der Waals surface area contributed by atoms with Gasteiger partial charge in [0.25, 0.3) is 0 Å². The summed E-state index contributed by atoms with van der Waals surface area (Å²) in [4.78, 5) is 34.0. The van der Waals surface area contributed by atoms with E-state index in [0.717, 1.165) is 6.33 Å². The number of rotatable bonds is 5. The first kappa shape index (κ1) is 21.3. The number of carbonyl (C=O) groups is 1. The number of anilines is 1. The topological polar surface area (TPSA) is 203 Å². The molecule has 164 valence electrons. The van der Waals surface area contributed by atoms with Gasteiger partial charge in [-0.2, -0.15) is 0 Å². The number of hydrogen-bond acceptors (Lipinski definition) is 11. The number of nitrogens with zero attached hydrogens (tertiary/aromatic N) is 4. The molecule has 0 amide bonds. The normalized spacial score (nSPS) is 26.5. The van der Waals surface area contributed by atoms with Gasteiger partial charge in [-0.05, 0) is 12.1 Å². The molecule has 31 heavy (non-hydrogen) atoms. The zero-order valence-corrected chi connectivity index (χ0v) is 16.6. The van der Waals surface area contributed by atoms with Crippen LogP contribution >= 0.6 is 7.60 Å². The Labute approximate surface area is 174 Å². The SMILES string of the molecule is Nc1ncnc2c1ncn2[C@@H]1O[C@H](C(O)P(=O)(O)OC(=O)c2ccccc2)[C@@H](O)[C@H]1O. The fraction of sp³-hybridized carbons (Fsp3) is 0.294. The number of nitrogen functional groups attached to an aromatic ring is 1. The highest BCUT2D eigenvalue weighted by Crippen LogP contribution is 2.51. The van der Waals surface area contributed by atoms with Crippen molar-refractivity contribution in [3.63, 3.8) is 0 Å². The first-order chi connectivity index (χ1) is 14.7. The van der Waals surface area contributed by atoms with Crippen LogP contribution in [0.5, 0.6) is 0 Å². The minimum atomic E-state index is -5.04. The molecule has 3 heterocycles. The Kier molecular flexibility index (Phi) is 5.47. The number of carbonyl (C=O) groups excluding carboxylic acids is 1. The maximum absolute atomic E-state index is 12.5. The second-order valence-electron chi connectivity index (χ2n) is 6.78. The summed E-state index contributed by atoms with van der Waals surface area (Å²) in [5, 5.41) is 31.1. The van der Waals surface area contributed by atoms with Gasteiger partial charge < -0.3 is 35.2 Å². The molecule has 0 spiro atoms. The molecule has 2 aromatic heterocycles. The Bertz CT molecular complexity index is 1160. The first-order valence-electron chi connectivity index (χ1n) is 8.95. The molecule has 1 fully saturated rings. The molecule has 6 N–H and O–H groups in total. The molecule has 1 aliphatic heterocycles. The van der Waals surface area contributed by atoms with E-state index in [-0.39, 0.29) is 22.5 Å². The average Bonchev–Trinajstić information content (AvgIpc) is 3.30. The van der Waals surface area contributed by atoms with Crippen LogP contribution in [0.25, 0.3) is 11.2 Å². The molecule has 13 nitrogen and oxygen atoms in total. The van der Waals surface area contributed by atoms with E-state index in [1.54, 1.807) is 6.07 Å². The predicted octanol–water partition coefficient (Wildman–Crippen LogP) is -0.612. The van der Waals surface area contributed by atoms with Crippen molar-refractivity contribution in [3.05, 3.63) is 48.5 Å². The summed E-state index contributed by atoms with van der Waals surface area (Å²) in [5.74, 6) is -3.42. The maximum atomic E-state index is 12.5. The summed E-state index contributed by atoms with van der Waals surface area (Å²) in [5.41, 5.74) is 6.08. The molecule has 14 heteroatoms. The molecular weight excluding hydrogens is 433 g/mol. The van der Waals surface area contributed by atoms with Crippen molar-refractivity contribution in [3.8, 4) is 0 Å². The Hall–Kier alpha value is -2.93. The second kappa shape index (κ2) is 7.96. The highest BCUT2D eigenvalue weighted by atomic mass is 31.2. The highest BCUT2D eigenvalue weighted by molar-refractivity contribution is 7.54. The van der Waals surface area contributed by atoms with Crippen LogP contribution < -0.4 is 5.73 Å². The molecule has 0 saturated carbocycles. The van der Waals surface area contributed by atoms with Crippen molar-refractivity contribution >= 4 is 30.5 Å². The second-order valence-corrected chi connectivity index (χ2v) is 8.62. The lowest BCUT2D eigenvalue weighted by molar-refractivity contribution is -0.0667. The standard InChI is InChI=1S/C17H18N5O8P/c18-13-9-14(20-6-19-13)22(7-21-9)15-11(24)10(23)12(29-15)17(26)31(27,28)30-16(25)8-4-2-1-3-5-8/h1-7,10-12,15,17,23-24,26H,(H,27,28)(H2,18,19,20)/t10-,11+,12-,15+,17?/m0/s1. The average molecular weight is 451 g/mol. The van der Waals surface area contributed by atoms with E-state index in [1.807, 2.05) is 0 Å². The number of aromatic nitrogens is 4. The lowest BCUT2D eigenvalue weighted by Gasteiger charge is -2.24. The smallest absolute Gasteiger partial charge is 0.387 e. The van der Waals surface area contributed by atoms with Crippen molar-refractivity contribution in [2.24, 2.45) is 0 Å². The summed E-state index contributed by atoms with van der Waals surface area (Å²) >= 11 is 0. The van der Waals surface area contributed by atoms with Crippen LogP contribution in [0.15, 0.2) is 43.0 Å². The number of benzene rings is 1. The predicted molar refractivity (Wildman–Crippen MR) is 103 cm³/mol. The summed E-state index contributed by atoms with van der Waals surface area (Å²) in [7, 11) is -5.04. The molecule has 0 bridgehead atoms. The van der Waals surface area contributed by atoms with Gasteiger partial charge in [0, 0.05) is 0 Å². The van der Waals surface area contributed by atoms with Crippen molar-refractivity contribution in [2.45, 2.75) is 30.4 Å². The van der Waals surface area contributed by atoms with Gasteiger partial charge in [-0.15, -0.1) is 0 Å². The third-order valence-corrected chi connectivity index (χ3v) is 6.18. The zero-order chi connectivity index (χ0) is 22.3. The minimum Gasteiger partial charge on any atom is -0.387 e. The van der Waals surface area contributed by atoms with Crippen molar-refractivity contribution in [2.75, 3.05) is 5.73 Å². The van der Waals surface area contributed by atoms with Crippen LogP contribution in [-0.2, 0) is 13.8 Å². The summed E-state index contributed by atoms with van der Waals surface area (Å²) in [6.07, 6.45) is -4.16. The van der Waals surface area contributed by atoms with Gasteiger partial charge in [-0.25, -0.2) is 24.3 Å². The van der Waals surface area contributed by atoms with Crippen molar-refractivity contribution in [1.82, 2.24) is 19.5 Å². The first-order valence-corrected chi connectivity index (χ1v) is 10.6. The van der Waals surface area contributed by atoms with Crippen LogP contribution in [0.1, 0.15) is 16.6 Å². The molecule has 0 aliphatic carbocycles. The summed E-state index contributed by atoms with van der Waals surface area (Å²) in [6.45, 7) is 0. The quantitative estimate of drug-likeness (QED) is 0.308. The highest BCUT2D eigenvalue weighted by Gasteiger charge is 2.53. The van der Waals surface area contributed by atoms with E-state index < -0.39 is 43.9 Å². The van der Waals surface area contributed by atoms with Crippen LogP contribution in [0.4, 0.5) is 5.82 Å². The number of imidazole rings is 1. The van der Waals surface area contributed by atoms with E-state index in [4.69, 9.17) is 10.5 Å². The van der Waals surface area contributed by atoms with Gasteiger partial charge >= 0.3 is 13.6 Å². The number of ether oxygens (including phenoxy) is 1. The van der Waals surface area contributed by atoms with E-state index in [2.05, 4.69) is 19.5 Å². The zero-order valence-electron chi connectivity index (χ0n) is 15.7. The number of aliphatic hydroxyl groups excluding tert-OH is 3. The Morgan fingerprint density at radius 3 is 2.61 bits per heavy atom. The lowest BCUT2D eigenvalue weighted by Crippen LogP contribution is -2.39. The molecule has 0 radical (unpaired) electrons.